The zero-order valence-corrected chi connectivity index (χ0v) is 38.2. The highest BCUT2D eigenvalue weighted by Crippen LogP contribution is 2.54. The van der Waals surface area contributed by atoms with Gasteiger partial charge in [0, 0.05) is 80.6 Å². The molecule has 6 aromatic rings. The summed E-state index contributed by atoms with van der Waals surface area (Å²) in [7, 11) is -4.52. The molecule has 3 aromatic heterocycles. The number of aryl methyl sites for hydroxylation is 1. The number of alkyl halides is 1. The highest BCUT2D eigenvalue weighted by atomic mass is 32.2. The lowest BCUT2D eigenvalue weighted by atomic mass is 9.59. The van der Waals surface area contributed by atoms with E-state index in [9.17, 15) is 23.3 Å². The molecule has 4 aliphatic rings. The number of Topliss-reactive ketones (excluding diaryl/α,β-unsaturated/α-hetero) is 1. The number of fused-ring (bicyclic) bond motifs is 2. The zero-order valence-electron chi connectivity index (χ0n) is 37.4. The van der Waals surface area contributed by atoms with Crippen molar-refractivity contribution in [3.05, 3.63) is 112 Å². The number of ether oxygens (including phenoxy) is 2. The number of pyridine rings is 1. The molecule has 66 heavy (non-hydrogen) atoms. The minimum Gasteiger partial charge on any atom is -0.455 e. The van der Waals surface area contributed by atoms with Gasteiger partial charge in [-0.2, -0.15) is 0 Å². The van der Waals surface area contributed by atoms with Crippen LogP contribution in [0.3, 0.4) is 0 Å². The maximum Gasteiger partial charge on any atom is 0.276 e. The van der Waals surface area contributed by atoms with Gasteiger partial charge in [0.1, 0.15) is 39.0 Å². The van der Waals surface area contributed by atoms with Gasteiger partial charge in [-0.25, -0.2) is 22.8 Å². The van der Waals surface area contributed by atoms with Crippen LogP contribution in [0.5, 0.6) is 11.5 Å². The Balaban J connectivity index is 0.880. The van der Waals surface area contributed by atoms with Crippen LogP contribution in [-0.2, 0) is 21.0 Å². The molecule has 1 atom stereocenters. The van der Waals surface area contributed by atoms with Crippen molar-refractivity contribution in [2.75, 3.05) is 43.5 Å². The molecule has 14 nitrogen and oxygen atoms in total. The van der Waals surface area contributed by atoms with E-state index in [1.165, 1.54) is 43.1 Å². The van der Waals surface area contributed by atoms with E-state index in [1.807, 2.05) is 12.1 Å². The van der Waals surface area contributed by atoms with Gasteiger partial charge in [0.05, 0.1) is 34.1 Å². The van der Waals surface area contributed by atoms with Gasteiger partial charge in [-0.3, -0.25) is 19.8 Å². The fraction of sp³-hybridized carbons (Fsp3) is 0.460. The van der Waals surface area contributed by atoms with Crippen molar-refractivity contribution in [1.29, 1.82) is 0 Å². The van der Waals surface area contributed by atoms with E-state index in [-0.39, 0.29) is 66.8 Å². The van der Waals surface area contributed by atoms with Gasteiger partial charge in [-0.15, -0.1) is 0 Å². The smallest absolute Gasteiger partial charge is 0.276 e. The maximum atomic E-state index is 15.6. The molecule has 10 rings (SSSR count). The molecule has 2 N–H and O–H groups in total. The number of nitrogens with one attached hydrogen (secondary N) is 2. The number of hydrogen-bond acceptors (Lipinski definition) is 11. The van der Waals surface area contributed by atoms with Crippen molar-refractivity contribution in [3.63, 3.8) is 0 Å². The number of carbonyl (C=O) groups is 1. The number of nitro benzene ring substituents is 1. The number of halogens is 1. The molecule has 0 bridgehead atoms. The minimum absolute atomic E-state index is 0.00634. The van der Waals surface area contributed by atoms with Gasteiger partial charge >= 0.3 is 0 Å². The lowest BCUT2D eigenvalue weighted by molar-refractivity contribution is -0.385. The van der Waals surface area contributed by atoms with Gasteiger partial charge in [-0.1, -0.05) is 38.1 Å². The van der Waals surface area contributed by atoms with Crippen molar-refractivity contribution in [1.82, 2.24) is 24.8 Å². The topological polar surface area (TPSA) is 177 Å². The Labute approximate surface area is 383 Å². The van der Waals surface area contributed by atoms with Crippen LogP contribution < -0.4 is 9.64 Å². The Bertz CT molecular complexity index is 2910. The lowest BCUT2D eigenvalue weighted by Crippen LogP contribution is -2.54. The van der Waals surface area contributed by atoms with Crippen molar-refractivity contribution in [2.45, 2.75) is 107 Å². The predicted octanol–water partition coefficient (Wildman–Crippen LogP) is 9.96. The number of likely N-dealkylation sites (tertiary alicyclic amines) is 1. The third kappa shape index (κ3) is 8.47. The Kier molecular flexibility index (Phi) is 11.7. The predicted molar refractivity (Wildman–Crippen MR) is 250 cm³/mol. The number of carbonyl (C=O) groups excluding carboxylic acids is 1. The summed E-state index contributed by atoms with van der Waals surface area (Å²) in [5.74, 6) is -0.727. The van der Waals surface area contributed by atoms with E-state index < -0.39 is 42.5 Å². The molecular weight excluding hydrogens is 862 g/mol. The first-order chi connectivity index (χ1) is 31.8. The monoisotopic (exact) mass is 917 g/mol. The number of hydrogen-bond donors (Lipinski definition) is 2. The summed E-state index contributed by atoms with van der Waals surface area (Å²) in [5.41, 5.74) is 2.99. The zero-order chi connectivity index (χ0) is 45.8. The van der Waals surface area contributed by atoms with E-state index >= 15 is 4.39 Å². The van der Waals surface area contributed by atoms with E-state index in [1.54, 1.807) is 30.6 Å². The van der Waals surface area contributed by atoms with Crippen LogP contribution in [-0.4, -0.2) is 94.3 Å². The SMILES string of the molecule is CC(C)c1ccccc1[C@@H]1CCCN1C1CC2(CCN(c3ccc(C(=O)CS(=O)(=O)c4cc([N+](=O)[O-])c(CCC5(F)CCOCC5)c5[nH]cnc45)c(Oc4cnc5[nH]ccc5c4)c3)CC2)C1. The van der Waals surface area contributed by atoms with E-state index in [4.69, 9.17) is 9.47 Å². The van der Waals surface area contributed by atoms with Crippen molar-refractivity contribution >= 4 is 49.1 Å². The molecule has 0 amide bonds. The largest absolute Gasteiger partial charge is 0.455 e. The Morgan fingerprint density at radius 3 is 2.58 bits per heavy atom. The Hall–Kier alpha value is -5.71. The number of sulfone groups is 1. The van der Waals surface area contributed by atoms with Gasteiger partial charge in [-0.05, 0) is 105 Å². The molecule has 1 aliphatic carbocycles. The van der Waals surface area contributed by atoms with Crippen LogP contribution in [0.2, 0.25) is 0 Å². The first-order valence-electron chi connectivity index (χ1n) is 23.3. The second kappa shape index (κ2) is 17.5. The van der Waals surface area contributed by atoms with Crippen LogP contribution >= 0.6 is 0 Å². The van der Waals surface area contributed by atoms with Gasteiger partial charge in [0.25, 0.3) is 5.69 Å². The molecule has 0 radical (unpaired) electrons. The van der Waals surface area contributed by atoms with Crippen LogP contribution in [0, 0.1) is 15.5 Å². The second-order valence-corrected chi connectivity index (χ2v) is 21.3. The molecule has 0 unspecified atom stereocenters. The molecule has 16 heteroatoms. The van der Waals surface area contributed by atoms with Crippen LogP contribution in [0.25, 0.3) is 22.1 Å². The summed E-state index contributed by atoms with van der Waals surface area (Å²) >= 11 is 0. The normalized spacial score (nSPS) is 20.1. The number of aromatic nitrogens is 4. The van der Waals surface area contributed by atoms with Crippen molar-refractivity contribution in [3.8, 4) is 11.5 Å². The van der Waals surface area contributed by atoms with E-state index in [0.29, 0.717) is 34.8 Å². The number of aromatic amines is 2. The number of H-pyrrole nitrogens is 2. The average Bonchev–Trinajstić information content (AvgIpc) is 4.09. The average molecular weight is 918 g/mol. The standard InChI is InChI=1S/C50H56FN7O7S/c1-32(2)37-6-3-4-7-38(37)41-8-5-19-57(41)35-27-49(28-35)14-20-56(21-15-49)34-9-10-40(44(25-34)65-36-24-33-12-18-52-48(33)53-29-36)43(59)30-66(62,63)45-26-42(58(60)61)39(46-47(45)55-31-54-46)11-13-50(51)16-22-64-23-17-50/h3-4,6-7,9-10,12,18,24-26,29,31-32,35,41H,5,8,11,13-17,19-23,27-28,30H2,1-2H3,(H,52,53)(H,54,55)/t41-/m0/s1. The molecule has 1 saturated carbocycles. The van der Waals surface area contributed by atoms with Crippen LogP contribution in [0.15, 0.2) is 84.3 Å². The number of piperidine rings is 1. The number of ketones is 1. The van der Waals surface area contributed by atoms with Gasteiger partial charge < -0.3 is 24.3 Å². The molecule has 346 valence electrons. The first kappa shape index (κ1) is 44.1. The molecule has 3 aromatic carbocycles. The second-order valence-electron chi connectivity index (χ2n) is 19.3. The lowest BCUT2D eigenvalue weighted by Gasteiger charge is -2.56. The number of rotatable bonds is 14. The molecule has 4 fully saturated rings. The van der Waals surface area contributed by atoms with E-state index in [0.717, 1.165) is 49.6 Å². The quantitative estimate of drug-likeness (QED) is 0.0604. The number of nitro groups is 1. The van der Waals surface area contributed by atoms with Gasteiger partial charge in [0.2, 0.25) is 0 Å². The summed E-state index contributed by atoms with van der Waals surface area (Å²) in [5, 5.41) is 13.3. The Morgan fingerprint density at radius 2 is 1.80 bits per heavy atom. The molecule has 1 spiro atoms. The highest BCUT2D eigenvalue weighted by molar-refractivity contribution is 7.92. The van der Waals surface area contributed by atoms with Crippen LogP contribution in [0.1, 0.15) is 111 Å². The summed E-state index contributed by atoms with van der Waals surface area (Å²) in [6, 6.07) is 19.9. The third-order valence-corrected chi connectivity index (χ3v) is 16.6. The number of nitrogens with zero attached hydrogens (tertiary/aromatic N) is 5. The third-order valence-electron chi connectivity index (χ3n) is 15.0. The number of anilines is 1. The molecule has 3 saturated heterocycles. The van der Waals surface area contributed by atoms with Gasteiger partial charge in [0.15, 0.2) is 15.6 Å². The summed E-state index contributed by atoms with van der Waals surface area (Å²) in [6.07, 6.45) is 11.8. The van der Waals surface area contributed by atoms with Crippen molar-refractivity contribution < 1.29 is 32.0 Å². The molecule has 6 heterocycles. The fourth-order valence-corrected chi connectivity index (χ4v) is 12.7. The first-order valence-corrected chi connectivity index (χ1v) is 24.9. The summed E-state index contributed by atoms with van der Waals surface area (Å²) < 4.78 is 55.9. The summed E-state index contributed by atoms with van der Waals surface area (Å²) in [6.45, 7) is 7.89. The Morgan fingerprint density at radius 1 is 1.02 bits per heavy atom. The maximum absolute atomic E-state index is 15.6. The summed E-state index contributed by atoms with van der Waals surface area (Å²) in [4.78, 5) is 45.3. The minimum atomic E-state index is -4.52. The molecular formula is C50H56FN7O7S. The number of imidazole rings is 1. The van der Waals surface area contributed by atoms with Crippen molar-refractivity contribution in [2.24, 2.45) is 5.41 Å². The van der Waals surface area contributed by atoms with Crippen LogP contribution in [0.4, 0.5) is 15.8 Å². The number of benzene rings is 3. The van der Waals surface area contributed by atoms with E-state index in [2.05, 4.69) is 67.8 Å². The molecule has 3 aliphatic heterocycles. The fourth-order valence-electron chi connectivity index (χ4n) is 11.3. The highest BCUT2D eigenvalue weighted by Gasteiger charge is 2.50.